The van der Waals surface area contributed by atoms with Crippen molar-refractivity contribution in [1.29, 1.82) is 0 Å². The van der Waals surface area contributed by atoms with Crippen molar-refractivity contribution in [3.05, 3.63) is 75.7 Å². The van der Waals surface area contributed by atoms with Crippen LogP contribution in [0.2, 0.25) is 0 Å². The normalized spacial score (nSPS) is 14.3. The van der Waals surface area contributed by atoms with Gasteiger partial charge >= 0.3 is 0 Å². The van der Waals surface area contributed by atoms with Gasteiger partial charge in [0, 0.05) is 45.0 Å². The fraction of sp³-hybridized carbons (Fsp3) is 0.417. The molecule has 1 N–H and O–H groups in total. The number of piperidine rings is 1. The molecule has 1 aliphatic rings. The van der Waals surface area contributed by atoms with Gasteiger partial charge in [0.1, 0.15) is 0 Å². The highest BCUT2D eigenvalue weighted by Crippen LogP contribution is 2.19. The maximum Gasteiger partial charge on any atom is 0.250 e. The maximum atomic E-state index is 11.9. The predicted octanol–water partition coefficient (Wildman–Crippen LogP) is 4.31. The summed E-state index contributed by atoms with van der Waals surface area (Å²) in [5.74, 6) is 0.983. The highest BCUT2D eigenvalue weighted by Gasteiger charge is 2.16. The number of benzene rings is 1. The summed E-state index contributed by atoms with van der Waals surface area (Å²) >= 11 is 0. The van der Waals surface area contributed by atoms with E-state index in [9.17, 15) is 4.79 Å². The first kappa shape index (κ1) is 24.2. The van der Waals surface area contributed by atoms with Crippen molar-refractivity contribution in [2.75, 3.05) is 26.7 Å². The van der Waals surface area contributed by atoms with Crippen molar-refractivity contribution in [2.24, 2.45) is 4.99 Å². The van der Waals surface area contributed by atoms with Gasteiger partial charge in [-0.05, 0) is 44.2 Å². The Labute approximate surface area is 196 Å². The maximum absolute atomic E-state index is 11.9. The van der Waals surface area contributed by atoms with Crippen LogP contribution in [0, 0.1) is 6.92 Å². The first-order chi connectivity index (χ1) is 14.2. The number of halogens is 1. The lowest BCUT2D eigenvalue weighted by atomic mass is 10.0. The molecule has 6 heteroatoms. The van der Waals surface area contributed by atoms with Gasteiger partial charge in [0.15, 0.2) is 5.96 Å². The number of hydrogen-bond donors (Lipinski definition) is 1. The fourth-order valence-corrected chi connectivity index (χ4v) is 3.77. The topological polar surface area (TPSA) is 49.6 Å². The molecule has 30 heavy (non-hydrogen) atoms. The summed E-state index contributed by atoms with van der Waals surface area (Å²) in [5, 5.41) is 3.49. The van der Waals surface area contributed by atoms with Gasteiger partial charge in [0.05, 0.1) is 0 Å². The molecule has 0 aliphatic carbocycles. The number of likely N-dealkylation sites (tertiary alicyclic amines) is 1. The lowest BCUT2D eigenvalue weighted by Crippen LogP contribution is -2.44. The molecule has 162 valence electrons. The average Bonchev–Trinajstić information content (AvgIpc) is 2.74. The molecule has 0 atom stereocenters. The molecule has 1 aliphatic heterocycles. The van der Waals surface area contributed by atoms with Gasteiger partial charge in [0.25, 0.3) is 5.56 Å². The van der Waals surface area contributed by atoms with E-state index in [1.54, 1.807) is 6.07 Å². The van der Waals surface area contributed by atoms with E-state index in [-0.39, 0.29) is 29.5 Å². The summed E-state index contributed by atoms with van der Waals surface area (Å²) in [4.78, 5) is 18.7. The molecule has 0 radical (unpaired) electrons. The Morgan fingerprint density at radius 2 is 1.80 bits per heavy atom. The van der Waals surface area contributed by atoms with Crippen LogP contribution in [0.25, 0.3) is 6.08 Å². The molecular formula is C24H33IN4O. The lowest BCUT2D eigenvalue weighted by molar-refractivity contribution is 0.375. The molecular weight excluding hydrogens is 487 g/mol. The van der Waals surface area contributed by atoms with Crippen molar-refractivity contribution in [1.82, 2.24) is 14.8 Å². The summed E-state index contributed by atoms with van der Waals surface area (Å²) in [7, 11) is 1.85. The summed E-state index contributed by atoms with van der Waals surface area (Å²) in [5.41, 5.74) is 3.90. The third kappa shape index (κ3) is 7.00. The van der Waals surface area contributed by atoms with Crippen molar-refractivity contribution >= 4 is 36.0 Å². The van der Waals surface area contributed by atoms with Crippen LogP contribution in [-0.2, 0) is 6.54 Å². The van der Waals surface area contributed by atoms with Crippen molar-refractivity contribution in [3.8, 4) is 0 Å². The molecule has 0 spiro atoms. The molecule has 1 saturated heterocycles. The van der Waals surface area contributed by atoms with E-state index in [2.05, 4.69) is 51.6 Å². The predicted molar refractivity (Wildman–Crippen MR) is 137 cm³/mol. The smallest absolute Gasteiger partial charge is 0.250 e. The first-order valence-corrected chi connectivity index (χ1v) is 10.5. The Morgan fingerprint density at radius 1 is 1.07 bits per heavy atom. The number of aliphatic imine (C=N–C) groups is 1. The lowest BCUT2D eigenvalue weighted by Gasteiger charge is -2.31. The number of rotatable bonds is 6. The van der Waals surface area contributed by atoms with Crippen LogP contribution < -0.4 is 10.9 Å². The zero-order valence-electron chi connectivity index (χ0n) is 18.0. The zero-order chi connectivity index (χ0) is 20.5. The minimum Gasteiger partial charge on any atom is -0.356 e. The Hall–Kier alpha value is -2.09. The number of aryl methyl sites for hydroxylation is 1. The number of pyridine rings is 1. The van der Waals surface area contributed by atoms with E-state index in [4.69, 9.17) is 0 Å². The standard InChI is InChI=1S/C24H32N4O.HI/c1-20-9-8-12-23(29)28(20)16-7-6-15-26-24(25-2)27-17-13-22(14-18-27)19-21-10-4-3-5-11-21;/h3-5,8-12,19H,6-7,13-18H2,1-2H3,(H,25,26);1H. The summed E-state index contributed by atoms with van der Waals surface area (Å²) in [6.07, 6.45) is 6.45. The number of guanidine groups is 1. The molecule has 0 bridgehead atoms. The fourth-order valence-electron chi connectivity index (χ4n) is 3.77. The van der Waals surface area contributed by atoms with Crippen LogP contribution >= 0.6 is 24.0 Å². The Balaban J connectivity index is 0.00000320. The van der Waals surface area contributed by atoms with Gasteiger partial charge in [-0.25, -0.2) is 0 Å². The SMILES string of the molecule is CN=C(NCCCCn1c(C)cccc1=O)N1CCC(=Cc2ccccc2)CC1.I. The highest BCUT2D eigenvalue weighted by molar-refractivity contribution is 14.0. The van der Waals surface area contributed by atoms with Crippen LogP contribution in [-0.4, -0.2) is 42.1 Å². The molecule has 1 aromatic carbocycles. The van der Waals surface area contributed by atoms with Crippen LogP contribution in [0.3, 0.4) is 0 Å². The minimum atomic E-state index is 0. The van der Waals surface area contributed by atoms with E-state index >= 15 is 0 Å². The van der Waals surface area contributed by atoms with Crippen LogP contribution in [0.15, 0.2) is 63.9 Å². The average molecular weight is 520 g/mol. The second kappa shape index (κ2) is 12.6. The molecule has 5 nitrogen and oxygen atoms in total. The van der Waals surface area contributed by atoms with Crippen LogP contribution in [0.4, 0.5) is 0 Å². The first-order valence-electron chi connectivity index (χ1n) is 10.5. The molecule has 0 amide bonds. The third-order valence-electron chi connectivity index (χ3n) is 5.45. The summed E-state index contributed by atoms with van der Waals surface area (Å²) in [6, 6.07) is 16.0. The minimum absolute atomic E-state index is 0. The number of hydrogen-bond acceptors (Lipinski definition) is 2. The quantitative estimate of drug-likeness (QED) is 0.267. The highest BCUT2D eigenvalue weighted by atomic mass is 127. The molecule has 0 unspecified atom stereocenters. The second-order valence-electron chi connectivity index (χ2n) is 7.54. The monoisotopic (exact) mass is 520 g/mol. The summed E-state index contributed by atoms with van der Waals surface area (Å²) < 4.78 is 1.85. The zero-order valence-corrected chi connectivity index (χ0v) is 20.3. The van der Waals surface area contributed by atoms with Gasteiger partial charge in [0.2, 0.25) is 0 Å². The second-order valence-corrected chi connectivity index (χ2v) is 7.54. The molecule has 1 aromatic heterocycles. The van der Waals surface area contributed by atoms with Gasteiger partial charge < -0.3 is 14.8 Å². The van der Waals surface area contributed by atoms with Gasteiger partial charge in [-0.15, -0.1) is 24.0 Å². The number of nitrogens with one attached hydrogen (secondary N) is 1. The van der Waals surface area contributed by atoms with E-state index in [0.29, 0.717) is 0 Å². The number of aromatic nitrogens is 1. The van der Waals surface area contributed by atoms with Gasteiger partial charge in [-0.1, -0.05) is 48.0 Å². The van der Waals surface area contributed by atoms with Crippen molar-refractivity contribution in [3.63, 3.8) is 0 Å². The molecule has 3 rings (SSSR count). The Morgan fingerprint density at radius 3 is 2.47 bits per heavy atom. The molecule has 1 fully saturated rings. The van der Waals surface area contributed by atoms with E-state index in [0.717, 1.165) is 63.5 Å². The van der Waals surface area contributed by atoms with E-state index < -0.39 is 0 Å². The Kier molecular flexibility index (Phi) is 10.1. The van der Waals surface area contributed by atoms with Gasteiger partial charge in [-0.3, -0.25) is 9.79 Å². The van der Waals surface area contributed by atoms with Crippen molar-refractivity contribution < 1.29 is 0 Å². The van der Waals surface area contributed by atoms with Crippen LogP contribution in [0.5, 0.6) is 0 Å². The largest absolute Gasteiger partial charge is 0.356 e. The molecule has 2 heterocycles. The van der Waals surface area contributed by atoms with E-state index in [1.165, 1.54) is 11.1 Å². The third-order valence-corrected chi connectivity index (χ3v) is 5.45. The van der Waals surface area contributed by atoms with Crippen LogP contribution in [0.1, 0.15) is 36.9 Å². The summed E-state index contributed by atoms with van der Waals surface area (Å²) in [6.45, 7) is 5.62. The molecule has 0 saturated carbocycles. The van der Waals surface area contributed by atoms with Crippen molar-refractivity contribution in [2.45, 2.75) is 39.2 Å². The van der Waals surface area contributed by atoms with E-state index in [1.807, 2.05) is 30.7 Å². The number of unbranched alkanes of at least 4 members (excludes halogenated alkanes) is 1. The van der Waals surface area contributed by atoms with Gasteiger partial charge in [-0.2, -0.15) is 0 Å². The molecule has 2 aromatic rings. The number of nitrogens with zero attached hydrogens (tertiary/aromatic N) is 3. The Bertz CT molecular complexity index is 895.